The maximum atomic E-state index is 12.5. The molecule has 0 aliphatic rings. The first kappa shape index (κ1) is 21.9. The highest BCUT2D eigenvalue weighted by Gasteiger charge is 2.20. The zero-order valence-electron chi connectivity index (χ0n) is 16.9. The van der Waals surface area contributed by atoms with Crippen molar-refractivity contribution in [3.63, 3.8) is 0 Å². The number of unbranched alkanes of at least 4 members (excludes halogenated alkanes) is 1. The van der Waals surface area contributed by atoms with E-state index < -0.39 is 10.0 Å². The molecule has 0 saturated carbocycles. The minimum Gasteiger partial charge on any atom is -0.483 e. The number of nitrogens with zero attached hydrogens (tertiary/aromatic N) is 1. The summed E-state index contributed by atoms with van der Waals surface area (Å²) in [5.41, 5.74) is 2.53. The Kier molecular flexibility index (Phi) is 7.60. The lowest BCUT2D eigenvalue weighted by molar-refractivity contribution is -0.118. The molecule has 1 amide bonds. The van der Waals surface area contributed by atoms with Crippen LogP contribution in [-0.4, -0.2) is 38.8 Å². The molecule has 0 fully saturated rings. The van der Waals surface area contributed by atoms with E-state index in [9.17, 15) is 13.2 Å². The van der Waals surface area contributed by atoms with Crippen LogP contribution in [-0.2, 0) is 14.8 Å². The summed E-state index contributed by atoms with van der Waals surface area (Å²) in [6.45, 7) is 6.25. The quantitative estimate of drug-likeness (QED) is 0.691. The second kappa shape index (κ2) is 9.71. The minimum atomic E-state index is -3.52. The number of benzene rings is 2. The van der Waals surface area contributed by atoms with Gasteiger partial charge in [0.1, 0.15) is 5.75 Å². The molecule has 0 spiro atoms. The van der Waals surface area contributed by atoms with Crippen molar-refractivity contribution in [2.24, 2.45) is 0 Å². The van der Waals surface area contributed by atoms with Crippen molar-refractivity contribution in [2.75, 3.05) is 25.5 Å². The summed E-state index contributed by atoms with van der Waals surface area (Å²) in [6.07, 6.45) is 1.74. The third kappa shape index (κ3) is 5.81. The average molecular weight is 405 g/mol. The summed E-state index contributed by atoms with van der Waals surface area (Å²) < 4.78 is 32.0. The molecule has 0 aliphatic heterocycles. The predicted octanol–water partition coefficient (Wildman–Crippen LogP) is 3.74. The van der Waals surface area contributed by atoms with Gasteiger partial charge in [-0.3, -0.25) is 4.79 Å². The van der Waals surface area contributed by atoms with E-state index in [-0.39, 0.29) is 17.4 Å². The molecule has 0 atom stereocenters. The fourth-order valence-corrected chi connectivity index (χ4v) is 3.80. The Morgan fingerprint density at radius 3 is 2.43 bits per heavy atom. The minimum absolute atomic E-state index is 0.121. The zero-order chi connectivity index (χ0) is 20.7. The molecule has 7 heteroatoms. The summed E-state index contributed by atoms with van der Waals surface area (Å²) in [4.78, 5) is 12.3. The molecule has 2 rings (SSSR count). The van der Waals surface area contributed by atoms with Crippen LogP contribution in [0.4, 0.5) is 5.69 Å². The molecule has 0 saturated heterocycles. The molecular formula is C21H28N2O4S. The first-order valence-electron chi connectivity index (χ1n) is 9.30. The van der Waals surface area contributed by atoms with E-state index >= 15 is 0 Å². The molecule has 0 aliphatic carbocycles. The van der Waals surface area contributed by atoms with Crippen molar-refractivity contribution >= 4 is 21.6 Å². The van der Waals surface area contributed by atoms with Crippen molar-refractivity contribution in [1.29, 1.82) is 0 Å². The van der Waals surface area contributed by atoms with Crippen molar-refractivity contribution in [3.05, 3.63) is 53.6 Å². The normalized spacial score (nSPS) is 11.5. The molecule has 6 nitrogen and oxygen atoms in total. The Hall–Kier alpha value is -2.38. The predicted molar refractivity (Wildman–Crippen MR) is 111 cm³/mol. The van der Waals surface area contributed by atoms with E-state index in [1.165, 1.54) is 16.4 Å². The number of sulfonamides is 1. The van der Waals surface area contributed by atoms with Crippen LogP contribution in [0.15, 0.2) is 47.4 Å². The second-order valence-electron chi connectivity index (χ2n) is 6.81. The van der Waals surface area contributed by atoms with Crippen molar-refractivity contribution in [1.82, 2.24) is 4.31 Å². The summed E-state index contributed by atoms with van der Waals surface area (Å²) in [6, 6.07) is 12.0. The Bertz CT molecular complexity index is 909. The molecule has 0 radical (unpaired) electrons. The van der Waals surface area contributed by atoms with Gasteiger partial charge in [0.2, 0.25) is 10.0 Å². The molecule has 152 valence electrons. The smallest absolute Gasteiger partial charge is 0.262 e. The lowest BCUT2D eigenvalue weighted by Gasteiger charge is -2.17. The van der Waals surface area contributed by atoms with E-state index in [1.54, 1.807) is 19.2 Å². The molecule has 0 unspecified atom stereocenters. The monoisotopic (exact) mass is 404 g/mol. The van der Waals surface area contributed by atoms with Crippen LogP contribution >= 0.6 is 0 Å². The van der Waals surface area contributed by atoms with Gasteiger partial charge < -0.3 is 10.1 Å². The number of anilines is 1. The highest BCUT2D eigenvalue weighted by molar-refractivity contribution is 7.89. The van der Waals surface area contributed by atoms with Gasteiger partial charge in [0.05, 0.1) is 4.90 Å². The van der Waals surface area contributed by atoms with Crippen LogP contribution < -0.4 is 10.1 Å². The number of hydrogen-bond acceptors (Lipinski definition) is 4. The summed E-state index contributed by atoms with van der Waals surface area (Å²) in [5, 5.41) is 2.72. The van der Waals surface area contributed by atoms with Crippen LogP contribution in [0.2, 0.25) is 0 Å². The van der Waals surface area contributed by atoms with Crippen molar-refractivity contribution < 1.29 is 17.9 Å². The molecule has 0 heterocycles. The van der Waals surface area contributed by atoms with E-state index in [4.69, 9.17) is 4.74 Å². The summed E-state index contributed by atoms with van der Waals surface area (Å²) >= 11 is 0. The van der Waals surface area contributed by atoms with E-state index in [1.807, 2.05) is 39.0 Å². The maximum Gasteiger partial charge on any atom is 0.262 e. The standard InChI is InChI=1S/C21H28N2O4S/c1-5-6-13-23(4)28(25,26)19-11-9-18(10-12-19)22-21(24)15-27-20-14-16(2)7-8-17(20)3/h7-12,14H,5-6,13,15H2,1-4H3,(H,22,24). The van der Waals surface area contributed by atoms with Gasteiger partial charge >= 0.3 is 0 Å². The zero-order valence-corrected chi connectivity index (χ0v) is 17.7. The van der Waals surface area contributed by atoms with Gasteiger partial charge in [-0.2, -0.15) is 0 Å². The lowest BCUT2D eigenvalue weighted by atomic mass is 10.1. The number of amides is 1. The number of hydrogen-bond donors (Lipinski definition) is 1. The van der Waals surface area contributed by atoms with Crippen molar-refractivity contribution in [2.45, 2.75) is 38.5 Å². The third-order valence-corrected chi connectivity index (χ3v) is 6.25. The Labute approximate surface area is 167 Å². The fraction of sp³-hybridized carbons (Fsp3) is 0.381. The highest BCUT2D eigenvalue weighted by atomic mass is 32.2. The van der Waals surface area contributed by atoms with E-state index in [0.29, 0.717) is 18.0 Å². The number of carbonyl (C=O) groups excluding carboxylic acids is 1. The van der Waals surface area contributed by atoms with Gasteiger partial charge in [0, 0.05) is 19.3 Å². The number of rotatable bonds is 9. The molecule has 2 aromatic rings. The Balaban J connectivity index is 1.96. The van der Waals surface area contributed by atoms with Gasteiger partial charge in [0.15, 0.2) is 6.61 Å². The number of nitrogens with one attached hydrogen (secondary N) is 1. The van der Waals surface area contributed by atoms with E-state index in [2.05, 4.69) is 5.32 Å². The number of ether oxygens (including phenoxy) is 1. The summed E-state index contributed by atoms with van der Waals surface area (Å²) in [7, 11) is -1.94. The Morgan fingerprint density at radius 2 is 1.79 bits per heavy atom. The van der Waals surface area contributed by atoms with Gasteiger partial charge in [-0.15, -0.1) is 0 Å². The molecule has 1 N–H and O–H groups in total. The molecular weight excluding hydrogens is 376 g/mol. The van der Waals surface area contributed by atoms with Crippen LogP contribution in [0, 0.1) is 13.8 Å². The average Bonchev–Trinajstić information content (AvgIpc) is 2.67. The first-order chi connectivity index (χ1) is 13.2. The molecule has 0 bridgehead atoms. The molecule has 2 aromatic carbocycles. The van der Waals surface area contributed by atoms with Crippen LogP contribution in [0.5, 0.6) is 5.75 Å². The highest BCUT2D eigenvalue weighted by Crippen LogP contribution is 2.20. The van der Waals surface area contributed by atoms with Gasteiger partial charge in [-0.05, 0) is 61.7 Å². The van der Waals surface area contributed by atoms with Crippen LogP contribution in [0.3, 0.4) is 0 Å². The van der Waals surface area contributed by atoms with Gasteiger partial charge in [-0.1, -0.05) is 25.5 Å². The summed E-state index contributed by atoms with van der Waals surface area (Å²) in [5.74, 6) is 0.364. The van der Waals surface area contributed by atoms with Crippen molar-refractivity contribution in [3.8, 4) is 5.75 Å². The fourth-order valence-electron chi connectivity index (χ4n) is 2.59. The van der Waals surface area contributed by atoms with Gasteiger partial charge in [-0.25, -0.2) is 12.7 Å². The van der Waals surface area contributed by atoms with Crippen LogP contribution in [0.1, 0.15) is 30.9 Å². The Morgan fingerprint density at radius 1 is 1.11 bits per heavy atom. The van der Waals surface area contributed by atoms with Gasteiger partial charge in [0.25, 0.3) is 5.91 Å². The third-order valence-electron chi connectivity index (χ3n) is 4.38. The van der Waals surface area contributed by atoms with Crippen LogP contribution in [0.25, 0.3) is 0 Å². The topological polar surface area (TPSA) is 75.7 Å². The molecule has 0 aromatic heterocycles. The number of aryl methyl sites for hydroxylation is 2. The second-order valence-corrected chi connectivity index (χ2v) is 8.86. The lowest BCUT2D eigenvalue weighted by Crippen LogP contribution is -2.28. The SMILES string of the molecule is CCCCN(C)S(=O)(=O)c1ccc(NC(=O)COc2cc(C)ccc2C)cc1. The van der Waals surface area contributed by atoms with E-state index in [0.717, 1.165) is 24.0 Å². The maximum absolute atomic E-state index is 12.5. The largest absolute Gasteiger partial charge is 0.483 e. The molecule has 28 heavy (non-hydrogen) atoms. The number of carbonyl (C=O) groups is 1. The first-order valence-corrected chi connectivity index (χ1v) is 10.7.